The largest absolute Gasteiger partial charge is 0.472 e. The van der Waals surface area contributed by atoms with Crippen LogP contribution >= 0.6 is 7.82 Å². The Labute approximate surface area is 253 Å². The number of hydrogen-bond donors (Lipinski definition) is 2. The number of rotatable bonds is 31. The Balaban J connectivity index is 3.87. The van der Waals surface area contributed by atoms with Crippen molar-refractivity contribution >= 4 is 13.7 Å². The molecule has 0 spiro atoms. The smallest absolute Gasteiger partial charge is 0.379 e. The molecule has 2 atom stereocenters. The van der Waals surface area contributed by atoms with Gasteiger partial charge < -0.3 is 19.4 Å². The molecule has 0 aliphatic heterocycles. The number of carbonyl (C=O) groups is 1. The van der Waals surface area contributed by atoms with Crippen LogP contribution in [-0.4, -0.2) is 75.4 Å². The van der Waals surface area contributed by atoms with Crippen molar-refractivity contribution in [3.05, 3.63) is 0 Å². The first-order chi connectivity index (χ1) is 19.6. The lowest BCUT2D eigenvalue weighted by atomic mass is 10.0. The maximum Gasteiger partial charge on any atom is 0.472 e. The van der Waals surface area contributed by atoms with E-state index in [2.05, 4.69) is 12.2 Å². The lowest BCUT2D eigenvalue weighted by Gasteiger charge is -2.25. The lowest BCUT2D eigenvalue weighted by molar-refractivity contribution is -0.870. The van der Waals surface area contributed by atoms with Gasteiger partial charge in [-0.25, -0.2) is 4.57 Å². The number of nitrogens with one attached hydrogen (secondary N) is 1. The third kappa shape index (κ3) is 30.8. The van der Waals surface area contributed by atoms with Gasteiger partial charge in [-0.1, -0.05) is 123 Å². The van der Waals surface area contributed by atoms with Crippen LogP contribution in [-0.2, 0) is 23.1 Å². The zero-order valence-electron chi connectivity index (χ0n) is 27.6. The zero-order chi connectivity index (χ0) is 30.7. The van der Waals surface area contributed by atoms with E-state index in [1.165, 1.54) is 103 Å². The van der Waals surface area contributed by atoms with Gasteiger partial charge in [-0.15, -0.1) is 0 Å². The fourth-order valence-corrected chi connectivity index (χ4v) is 5.52. The van der Waals surface area contributed by atoms with Crippen molar-refractivity contribution in [2.75, 3.05) is 54.1 Å². The van der Waals surface area contributed by atoms with Crippen molar-refractivity contribution in [3.63, 3.8) is 0 Å². The number of hydrogen-bond acceptors (Lipinski definition) is 5. The molecule has 0 aliphatic carbocycles. The second kappa shape index (κ2) is 27.1. The molecule has 0 saturated carbocycles. The maximum atomic E-state index is 12.4. The predicted molar refractivity (Wildman–Crippen MR) is 171 cm³/mol. The second-order valence-electron chi connectivity index (χ2n) is 12.7. The molecule has 41 heavy (non-hydrogen) atoms. The molecule has 0 radical (unpaired) electrons. The average molecular weight is 608 g/mol. The monoisotopic (exact) mass is 607 g/mol. The van der Waals surface area contributed by atoms with Crippen molar-refractivity contribution in [3.8, 4) is 0 Å². The summed E-state index contributed by atoms with van der Waals surface area (Å²) in [5.41, 5.74) is 0. The van der Waals surface area contributed by atoms with E-state index in [0.717, 1.165) is 19.3 Å². The van der Waals surface area contributed by atoms with E-state index in [-0.39, 0.29) is 25.7 Å². The van der Waals surface area contributed by atoms with Crippen molar-refractivity contribution in [2.45, 2.75) is 148 Å². The number of carbonyl (C=O) groups excluding carboxylic acids is 1. The third-order valence-electron chi connectivity index (χ3n) is 7.25. The summed E-state index contributed by atoms with van der Waals surface area (Å²) in [5, 5.41) is 2.76. The fourth-order valence-electron chi connectivity index (χ4n) is 4.64. The standard InChI is InChI=1S/C32H67N2O6P/c1-6-8-9-10-11-12-13-14-15-16-17-18-19-20-21-22-23-24-27-38-30-31(29-33-32(35)25-7-2)40-41(36,37)39-28-26-34(3,4)5/h31H,6-30H2,1-5H3,(H-,33,35,36,37)/p+1. The van der Waals surface area contributed by atoms with Crippen LogP contribution < -0.4 is 5.32 Å². The highest BCUT2D eigenvalue weighted by atomic mass is 31.2. The molecule has 9 heteroatoms. The van der Waals surface area contributed by atoms with Crippen molar-refractivity contribution in [1.82, 2.24) is 5.32 Å². The zero-order valence-corrected chi connectivity index (χ0v) is 28.5. The van der Waals surface area contributed by atoms with Crippen LogP contribution in [0.4, 0.5) is 0 Å². The van der Waals surface area contributed by atoms with Crippen LogP contribution in [0, 0.1) is 0 Å². The highest BCUT2D eigenvalue weighted by molar-refractivity contribution is 7.47. The minimum absolute atomic E-state index is 0.104. The Morgan fingerprint density at radius 1 is 0.732 bits per heavy atom. The number of likely N-dealkylation sites (N-methyl/N-ethyl adjacent to an activating group) is 1. The summed E-state index contributed by atoms with van der Waals surface area (Å²) >= 11 is 0. The second-order valence-corrected chi connectivity index (χ2v) is 14.1. The van der Waals surface area contributed by atoms with Crippen molar-refractivity contribution < 1.29 is 32.5 Å². The summed E-state index contributed by atoms with van der Waals surface area (Å²) in [5.74, 6) is -0.108. The van der Waals surface area contributed by atoms with E-state index in [4.69, 9.17) is 13.8 Å². The molecule has 0 rings (SSSR count). The summed E-state index contributed by atoms with van der Waals surface area (Å²) in [7, 11) is 1.69. The lowest BCUT2D eigenvalue weighted by Crippen LogP contribution is -2.38. The summed E-state index contributed by atoms with van der Waals surface area (Å²) in [4.78, 5) is 22.0. The van der Waals surface area contributed by atoms with E-state index in [1.54, 1.807) is 0 Å². The average Bonchev–Trinajstić information content (AvgIpc) is 2.89. The molecular formula is C32H68N2O6P+. The number of phosphoric ester groups is 1. The fraction of sp³-hybridized carbons (Fsp3) is 0.969. The molecule has 0 aromatic carbocycles. The number of nitrogens with zero attached hydrogens (tertiary/aromatic N) is 1. The number of unbranched alkanes of at least 4 members (excludes halogenated alkanes) is 17. The molecular weight excluding hydrogens is 539 g/mol. The molecule has 0 saturated heterocycles. The Morgan fingerprint density at radius 3 is 1.63 bits per heavy atom. The minimum atomic E-state index is -4.25. The summed E-state index contributed by atoms with van der Waals surface area (Å²) < 4.78 is 29.3. The van der Waals surface area contributed by atoms with Crippen LogP contribution in [0.15, 0.2) is 0 Å². The van der Waals surface area contributed by atoms with Gasteiger partial charge >= 0.3 is 7.82 Å². The topological polar surface area (TPSA) is 94.1 Å². The van der Waals surface area contributed by atoms with Crippen LogP contribution in [0.5, 0.6) is 0 Å². The quantitative estimate of drug-likeness (QED) is 0.0469. The van der Waals surface area contributed by atoms with E-state index in [9.17, 15) is 14.3 Å². The number of ether oxygens (including phenoxy) is 1. The Bertz CT molecular complexity index is 644. The molecule has 0 aliphatic rings. The van der Waals surface area contributed by atoms with Gasteiger partial charge in [0.15, 0.2) is 0 Å². The molecule has 246 valence electrons. The predicted octanol–water partition coefficient (Wildman–Crippen LogP) is 8.17. The van der Waals surface area contributed by atoms with Crippen molar-refractivity contribution in [1.29, 1.82) is 0 Å². The molecule has 0 heterocycles. The van der Waals surface area contributed by atoms with Gasteiger partial charge in [-0.2, -0.15) is 0 Å². The van der Waals surface area contributed by atoms with Gasteiger partial charge in [0.25, 0.3) is 0 Å². The Morgan fingerprint density at radius 2 is 1.20 bits per heavy atom. The van der Waals surface area contributed by atoms with Gasteiger partial charge in [-0.3, -0.25) is 13.8 Å². The first kappa shape index (κ1) is 40.5. The Kier molecular flexibility index (Phi) is 26.7. The normalized spacial score (nSPS) is 14.2. The van der Waals surface area contributed by atoms with Crippen LogP contribution in [0.2, 0.25) is 0 Å². The first-order valence-electron chi connectivity index (χ1n) is 16.9. The number of quaternary nitrogens is 1. The third-order valence-corrected chi connectivity index (χ3v) is 8.32. The van der Waals surface area contributed by atoms with Gasteiger partial charge in [-0.05, 0) is 12.8 Å². The van der Waals surface area contributed by atoms with Gasteiger partial charge in [0.05, 0.1) is 27.7 Å². The molecule has 8 nitrogen and oxygen atoms in total. The van der Waals surface area contributed by atoms with Crippen LogP contribution in [0.3, 0.4) is 0 Å². The minimum Gasteiger partial charge on any atom is -0.379 e. The first-order valence-corrected chi connectivity index (χ1v) is 18.4. The number of amides is 1. The maximum absolute atomic E-state index is 12.4. The molecule has 1 amide bonds. The van der Waals surface area contributed by atoms with E-state index < -0.39 is 13.9 Å². The van der Waals surface area contributed by atoms with Gasteiger partial charge in [0.1, 0.15) is 19.3 Å². The SMILES string of the molecule is CCCCCCCCCCCCCCCCCCCCOCC(CNC(=O)CCC)OP(=O)(O)OCC[N+](C)(C)C. The Hall–Kier alpha value is -0.500. The molecule has 0 fully saturated rings. The molecule has 2 N–H and O–H groups in total. The molecule has 2 unspecified atom stereocenters. The highest BCUT2D eigenvalue weighted by Gasteiger charge is 2.28. The van der Waals surface area contributed by atoms with Crippen LogP contribution in [0.1, 0.15) is 142 Å². The summed E-state index contributed by atoms with van der Waals surface area (Å²) in [6.07, 6.45) is 24.4. The summed E-state index contributed by atoms with van der Waals surface area (Å²) in [6, 6.07) is 0. The van der Waals surface area contributed by atoms with E-state index in [1.807, 2.05) is 28.1 Å². The van der Waals surface area contributed by atoms with E-state index in [0.29, 0.717) is 24.1 Å². The molecule has 0 aromatic heterocycles. The summed E-state index contributed by atoms with van der Waals surface area (Å²) in [6.45, 7) is 5.70. The van der Waals surface area contributed by atoms with Gasteiger partial charge in [0, 0.05) is 19.6 Å². The van der Waals surface area contributed by atoms with E-state index >= 15 is 0 Å². The molecule has 0 aromatic rings. The van der Waals surface area contributed by atoms with Crippen molar-refractivity contribution in [2.24, 2.45) is 0 Å². The highest BCUT2D eigenvalue weighted by Crippen LogP contribution is 2.44. The number of phosphoric acid groups is 1. The van der Waals surface area contributed by atoms with Crippen LogP contribution in [0.25, 0.3) is 0 Å². The van der Waals surface area contributed by atoms with Gasteiger partial charge in [0.2, 0.25) is 5.91 Å². The molecule has 0 bridgehead atoms.